The van der Waals surface area contributed by atoms with Gasteiger partial charge in [-0.1, -0.05) is 36.4 Å². The van der Waals surface area contributed by atoms with Crippen molar-refractivity contribution < 1.29 is 9.53 Å². The monoisotopic (exact) mass is 387 g/mol. The predicted molar refractivity (Wildman–Crippen MR) is 113 cm³/mol. The standard InChI is InChI=1S/C22H17N3O2S/c1-27-18-11-9-16(10-12-18)15-23-25-21(17-6-3-2-4-7-17)24-20(22(25)26)14-19-8-5-13-28-19/h2-15H,1H3/b20-14-,23-15+. The van der Waals surface area contributed by atoms with Crippen molar-refractivity contribution in [1.82, 2.24) is 5.01 Å². The van der Waals surface area contributed by atoms with Gasteiger partial charge in [0.05, 0.1) is 13.3 Å². The normalized spacial score (nSPS) is 15.5. The van der Waals surface area contributed by atoms with Crippen LogP contribution >= 0.6 is 11.3 Å². The lowest BCUT2D eigenvalue weighted by Gasteiger charge is -2.11. The van der Waals surface area contributed by atoms with Crippen LogP contribution in [0.15, 0.2) is 87.9 Å². The van der Waals surface area contributed by atoms with Crippen LogP contribution in [-0.2, 0) is 4.79 Å². The summed E-state index contributed by atoms with van der Waals surface area (Å²) in [4.78, 5) is 18.5. The van der Waals surface area contributed by atoms with Crippen molar-refractivity contribution in [2.75, 3.05) is 7.11 Å². The first-order valence-electron chi connectivity index (χ1n) is 8.66. The molecule has 0 bridgehead atoms. The summed E-state index contributed by atoms with van der Waals surface area (Å²) < 4.78 is 5.17. The Morgan fingerprint density at radius 2 is 1.82 bits per heavy atom. The molecule has 1 amide bonds. The Morgan fingerprint density at radius 1 is 1.04 bits per heavy atom. The molecule has 1 aliphatic heterocycles. The van der Waals surface area contributed by atoms with Crippen molar-refractivity contribution in [2.24, 2.45) is 10.1 Å². The van der Waals surface area contributed by atoms with Gasteiger partial charge in [0.25, 0.3) is 5.91 Å². The van der Waals surface area contributed by atoms with Crippen LogP contribution < -0.4 is 4.74 Å². The van der Waals surface area contributed by atoms with Gasteiger partial charge in [-0.2, -0.15) is 10.1 Å². The van der Waals surface area contributed by atoms with Crippen LogP contribution in [0.4, 0.5) is 0 Å². The molecule has 0 atom stereocenters. The van der Waals surface area contributed by atoms with Crippen LogP contribution in [0, 0.1) is 0 Å². The van der Waals surface area contributed by atoms with Gasteiger partial charge in [-0.05, 0) is 47.4 Å². The summed E-state index contributed by atoms with van der Waals surface area (Å²) in [6.07, 6.45) is 3.43. The van der Waals surface area contributed by atoms with E-state index in [1.807, 2.05) is 72.1 Å². The number of benzene rings is 2. The molecule has 0 N–H and O–H groups in total. The maximum Gasteiger partial charge on any atom is 0.298 e. The molecule has 0 radical (unpaired) electrons. The summed E-state index contributed by atoms with van der Waals surface area (Å²) in [7, 11) is 1.62. The van der Waals surface area contributed by atoms with Gasteiger partial charge in [0, 0.05) is 10.4 Å². The van der Waals surface area contributed by atoms with Gasteiger partial charge in [-0.15, -0.1) is 11.3 Å². The molecule has 0 fully saturated rings. The Bertz CT molecular complexity index is 1050. The number of amides is 1. The second-order valence-electron chi connectivity index (χ2n) is 5.98. The van der Waals surface area contributed by atoms with Crippen molar-refractivity contribution in [3.05, 3.63) is 93.8 Å². The number of nitrogens with zero attached hydrogens (tertiary/aromatic N) is 3. The first-order chi connectivity index (χ1) is 13.7. The highest BCUT2D eigenvalue weighted by atomic mass is 32.1. The van der Waals surface area contributed by atoms with Gasteiger partial charge in [-0.25, -0.2) is 4.99 Å². The molecule has 6 heteroatoms. The molecule has 0 saturated carbocycles. The molecular formula is C22H17N3O2S. The van der Waals surface area contributed by atoms with Crippen LogP contribution in [-0.4, -0.2) is 30.1 Å². The number of hydrogen-bond acceptors (Lipinski definition) is 5. The van der Waals surface area contributed by atoms with Crippen molar-refractivity contribution in [2.45, 2.75) is 0 Å². The lowest BCUT2D eigenvalue weighted by Crippen LogP contribution is -2.27. The van der Waals surface area contributed by atoms with E-state index < -0.39 is 0 Å². The molecule has 4 rings (SSSR count). The summed E-state index contributed by atoms with van der Waals surface area (Å²) in [6.45, 7) is 0. The second kappa shape index (κ2) is 8.02. The number of methoxy groups -OCH3 is 1. The van der Waals surface area contributed by atoms with E-state index in [4.69, 9.17) is 4.74 Å². The van der Waals surface area contributed by atoms with Gasteiger partial charge in [0.2, 0.25) is 0 Å². The Labute approximate surface area is 166 Å². The number of ether oxygens (including phenoxy) is 1. The zero-order valence-corrected chi connectivity index (χ0v) is 16.0. The molecule has 0 unspecified atom stereocenters. The van der Waals surface area contributed by atoms with Crippen LogP contribution in [0.2, 0.25) is 0 Å². The molecule has 0 saturated heterocycles. The first kappa shape index (κ1) is 17.9. The summed E-state index contributed by atoms with van der Waals surface area (Å²) in [5.74, 6) is 1.03. The Kier molecular flexibility index (Phi) is 5.12. The topological polar surface area (TPSA) is 54.3 Å². The minimum absolute atomic E-state index is 0.253. The lowest BCUT2D eigenvalue weighted by atomic mass is 10.2. The van der Waals surface area contributed by atoms with Gasteiger partial charge >= 0.3 is 0 Å². The average molecular weight is 387 g/mol. The Morgan fingerprint density at radius 3 is 2.50 bits per heavy atom. The molecule has 1 aliphatic rings. The third-order valence-electron chi connectivity index (χ3n) is 4.13. The molecule has 3 aromatic rings. The molecule has 2 aromatic carbocycles. The fourth-order valence-corrected chi connectivity index (χ4v) is 3.36. The Hall–Kier alpha value is -3.51. The minimum atomic E-state index is -0.253. The number of aliphatic imine (C=N–C) groups is 1. The predicted octanol–water partition coefficient (Wildman–Crippen LogP) is 4.42. The SMILES string of the molecule is COc1ccc(/C=N/N2C(=O)/C(=C/c3cccs3)N=C2c2ccccc2)cc1. The quantitative estimate of drug-likeness (QED) is 0.481. The highest BCUT2D eigenvalue weighted by Gasteiger charge is 2.31. The number of hydrazone groups is 1. The molecule has 5 nitrogen and oxygen atoms in total. The fraction of sp³-hybridized carbons (Fsp3) is 0.0455. The van der Waals surface area contributed by atoms with E-state index in [-0.39, 0.29) is 5.91 Å². The zero-order chi connectivity index (χ0) is 19.3. The smallest absolute Gasteiger partial charge is 0.298 e. The summed E-state index contributed by atoms with van der Waals surface area (Å²) >= 11 is 1.56. The number of thiophene rings is 1. The number of carbonyl (C=O) groups excluding carboxylic acids is 1. The Balaban J connectivity index is 1.68. The van der Waals surface area contributed by atoms with E-state index in [1.165, 1.54) is 5.01 Å². The van der Waals surface area contributed by atoms with Crippen LogP contribution in [0.5, 0.6) is 5.75 Å². The molecule has 2 heterocycles. The maximum absolute atomic E-state index is 13.0. The van der Waals surface area contributed by atoms with Crippen molar-refractivity contribution in [1.29, 1.82) is 0 Å². The summed E-state index contributed by atoms with van der Waals surface area (Å²) in [5, 5.41) is 7.73. The number of hydrogen-bond donors (Lipinski definition) is 0. The van der Waals surface area contributed by atoms with E-state index in [1.54, 1.807) is 30.7 Å². The minimum Gasteiger partial charge on any atom is -0.497 e. The van der Waals surface area contributed by atoms with Gasteiger partial charge < -0.3 is 4.74 Å². The van der Waals surface area contributed by atoms with E-state index in [2.05, 4.69) is 10.1 Å². The lowest BCUT2D eigenvalue weighted by molar-refractivity contribution is -0.122. The largest absolute Gasteiger partial charge is 0.497 e. The van der Waals surface area contributed by atoms with Gasteiger partial charge in [-0.3, -0.25) is 4.79 Å². The van der Waals surface area contributed by atoms with Crippen molar-refractivity contribution in [3.8, 4) is 5.75 Å². The van der Waals surface area contributed by atoms with E-state index in [0.717, 1.165) is 21.8 Å². The number of carbonyl (C=O) groups is 1. The van der Waals surface area contributed by atoms with Crippen LogP contribution in [0.25, 0.3) is 6.08 Å². The zero-order valence-electron chi connectivity index (χ0n) is 15.1. The third-order valence-corrected chi connectivity index (χ3v) is 4.95. The third kappa shape index (κ3) is 3.77. The van der Waals surface area contributed by atoms with Crippen molar-refractivity contribution >= 4 is 35.4 Å². The van der Waals surface area contributed by atoms with E-state index >= 15 is 0 Å². The van der Waals surface area contributed by atoms with Crippen LogP contribution in [0.1, 0.15) is 16.0 Å². The van der Waals surface area contributed by atoms with E-state index in [0.29, 0.717) is 11.5 Å². The molecule has 0 spiro atoms. The molecule has 0 aliphatic carbocycles. The highest BCUT2D eigenvalue weighted by molar-refractivity contribution is 7.10. The number of rotatable bonds is 5. The molecular weight excluding hydrogens is 370 g/mol. The summed E-state index contributed by atoms with van der Waals surface area (Å²) in [5.41, 5.74) is 2.06. The van der Waals surface area contributed by atoms with Crippen molar-refractivity contribution in [3.63, 3.8) is 0 Å². The fourth-order valence-electron chi connectivity index (χ4n) is 2.71. The average Bonchev–Trinajstić information content (AvgIpc) is 3.36. The molecule has 138 valence electrons. The highest BCUT2D eigenvalue weighted by Crippen LogP contribution is 2.24. The van der Waals surface area contributed by atoms with Gasteiger partial charge in [0.15, 0.2) is 5.84 Å². The first-order valence-corrected chi connectivity index (χ1v) is 9.54. The number of amidine groups is 1. The second-order valence-corrected chi connectivity index (χ2v) is 6.96. The van der Waals surface area contributed by atoms with Crippen LogP contribution in [0.3, 0.4) is 0 Å². The maximum atomic E-state index is 13.0. The van der Waals surface area contributed by atoms with Gasteiger partial charge in [0.1, 0.15) is 11.4 Å². The molecule has 28 heavy (non-hydrogen) atoms. The molecule has 1 aromatic heterocycles. The van der Waals surface area contributed by atoms with E-state index in [9.17, 15) is 4.79 Å². The summed E-state index contributed by atoms with van der Waals surface area (Å²) in [6, 6.07) is 20.9.